The van der Waals surface area contributed by atoms with E-state index in [9.17, 15) is 8.42 Å². The maximum absolute atomic E-state index is 11.7. The number of hydrogen-bond donors (Lipinski definition) is 2. The fourth-order valence-electron chi connectivity index (χ4n) is 1.82. The minimum Gasteiger partial charge on any atom is -0.387 e. The van der Waals surface area contributed by atoms with E-state index in [0.717, 1.165) is 12.3 Å². The van der Waals surface area contributed by atoms with Crippen LogP contribution in [0.2, 0.25) is 0 Å². The van der Waals surface area contributed by atoms with E-state index in [4.69, 9.17) is 11.1 Å². The van der Waals surface area contributed by atoms with E-state index < -0.39 is 9.84 Å². The molecule has 1 aliphatic rings. The maximum Gasteiger partial charge on any atom is 0.164 e. The zero-order valence-electron chi connectivity index (χ0n) is 11.3. The summed E-state index contributed by atoms with van der Waals surface area (Å²) in [6.07, 6.45) is 2.01. The van der Waals surface area contributed by atoms with E-state index in [0.29, 0.717) is 18.7 Å². The minimum absolute atomic E-state index is 0.157. The molecule has 5 nitrogen and oxygen atoms in total. The summed E-state index contributed by atoms with van der Waals surface area (Å²) in [4.78, 5) is 2.01. The highest BCUT2D eigenvalue weighted by molar-refractivity contribution is 8.00. The zero-order chi connectivity index (χ0) is 14.0. The number of nitrogens with zero attached hydrogens (tertiary/aromatic N) is 1. The van der Waals surface area contributed by atoms with Gasteiger partial charge in [0.05, 0.1) is 5.84 Å². The molecule has 0 radical (unpaired) electrons. The Kier molecular flexibility index (Phi) is 5.08. The van der Waals surface area contributed by atoms with Crippen LogP contribution in [-0.4, -0.2) is 55.4 Å². The van der Waals surface area contributed by atoms with Gasteiger partial charge in [-0.2, -0.15) is 11.8 Å². The highest BCUT2D eigenvalue weighted by atomic mass is 32.2. The molecule has 1 rings (SSSR count). The predicted octanol–water partition coefficient (Wildman–Crippen LogP) is 0.758. The molecule has 0 amide bonds. The topological polar surface area (TPSA) is 87.2 Å². The molecule has 1 aliphatic heterocycles. The molecule has 0 aromatic carbocycles. The Hall–Kier alpha value is -0.270. The molecular weight excluding hydrogens is 270 g/mol. The highest BCUT2D eigenvalue weighted by Gasteiger charge is 2.32. The van der Waals surface area contributed by atoms with Crippen molar-refractivity contribution in [2.45, 2.75) is 25.6 Å². The summed E-state index contributed by atoms with van der Waals surface area (Å²) in [6.45, 7) is 5.30. The van der Waals surface area contributed by atoms with Crippen molar-refractivity contribution in [3.8, 4) is 0 Å². The first-order valence-electron chi connectivity index (χ1n) is 6.00. The molecule has 0 aliphatic carbocycles. The van der Waals surface area contributed by atoms with E-state index in [2.05, 4.69) is 0 Å². The molecule has 1 saturated heterocycles. The van der Waals surface area contributed by atoms with Crippen molar-refractivity contribution in [1.82, 2.24) is 4.90 Å². The lowest BCUT2D eigenvalue weighted by Crippen LogP contribution is -2.48. The third-order valence-electron chi connectivity index (χ3n) is 3.44. The summed E-state index contributed by atoms with van der Waals surface area (Å²) in [5.74, 6) is 1.76. The summed E-state index contributed by atoms with van der Waals surface area (Å²) < 4.78 is 23.5. The van der Waals surface area contributed by atoms with E-state index in [-0.39, 0.29) is 16.6 Å². The number of rotatable bonds is 5. The normalized spacial score (nSPS) is 22.9. The Morgan fingerprint density at radius 1 is 1.56 bits per heavy atom. The van der Waals surface area contributed by atoms with Crippen LogP contribution in [0.25, 0.3) is 0 Å². The van der Waals surface area contributed by atoms with Gasteiger partial charge in [-0.3, -0.25) is 10.3 Å². The molecule has 1 atom stereocenters. The van der Waals surface area contributed by atoms with Gasteiger partial charge in [0.2, 0.25) is 0 Å². The number of sulfone groups is 1. The lowest BCUT2D eigenvalue weighted by Gasteiger charge is -2.36. The molecular formula is C11H23N3O2S2. The quantitative estimate of drug-likeness (QED) is 0.577. The van der Waals surface area contributed by atoms with Crippen LogP contribution in [0.15, 0.2) is 0 Å². The third kappa shape index (κ3) is 4.13. The maximum atomic E-state index is 11.7. The second-order valence-corrected chi connectivity index (χ2v) is 8.80. The van der Waals surface area contributed by atoms with Crippen LogP contribution in [0.1, 0.15) is 20.3 Å². The molecule has 0 aromatic heterocycles. The number of hydrogen-bond acceptors (Lipinski definition) is 5. The van der Waals surface area contributed by atoms with E-state index in [1.807, 2.05) is 18.7 Å². The van der Waals surface area contributed by atoms with Crippen molar-refractivity contribution >= 4 is 27.4 Å². The predicted molar refractivity (Wildman–Crippen MR) is 77.8 cm³/mol. The van der Waals surface area contributed by atoms with E-state index >= 15 is 0 Å². The van der Waals surface area contributed by atoms with Crippen molar-refractivity contribution in [2.75, 3.05) is 30.9 Å². The second-order valence-electron chi connectivity index (χ2n) is 5.44. The largest absolute Gasteiger partial charge is 0.387 e. The number of nitrogens with two attached hydrogens (primary N) is 1. The zero-order valence-corrected chi connectivity index (χ0v) is 12.9. The van der Waals surface area contributed by atoms with E-state index in [1.165, 1.54) is 6.26 Å². The summed E-state index contributed by atoms with van der Waals surface area (Å²) in [7, 11) is -3.04. The van der Waals surface area contributed by atoms with Gasteiger partial charge < -0.3 is 5.73 Å². The van der Waals surface area contributed by atoms with Crippen LogP contribution in [0, 0.1) is 10.8 Å². The van der Waals surface area contributed by atoms with E-state index in [1.54, 1.807) is 11.8 Å². The third-order valence-corrected chi connectivity index (χ3v) is 6.12. The number of thioether (sulfide) groups is 1. The SMILES string of the molecule is CC(C)(CCN1CCSCC1S(C)(=O)=O)C(=N)N. The van der Waals surface area contributed by atoms with Crippen molar-refractivity contribution in [3.63, 3.8) is 0 Å². The summed E-state index contributed by atoms with van der Waals surface area (Å²) >= 11 is 1.69. The highest BCUT2D eigenvalue weighted by Crippen LogP contribution is 2.25. The smallest absolute Gasteiger partial charge is 0.164 e. The van der Waals surface area contributed by atoms with Gasteiger partial charge in [-0.1, -0.05) is 13.8 Å². The molecule has 1 unspecified atom stereocenters. The van der Waals surface area contributed by atoms with Gasteiger partial charge in [0.1, 0.15) is 5.37 Å². The lowest BCUT2D eigenvalue weighted by atomic mass is 9.88. The Bertz CT molecular complexity index is 407. The van der Waals surface area contributed by atoms with Gasteiger partial charge in [-0.25, -0.2) is 8.42 Å². The summed E-state index contributed by atoms with van der Waals surface area (Å²) in [6, 6.07) is 0. The Labute approximate surface area is 114 Å². The molecule has 0 spiro atoms. The summed E-state index contributed by atoms with van der Waals surface area (Å²) in [5.41, 5.74) is 5.18. The fraction of sp³-hybridized carbons (Fsp3) is 0.909. The molecule has 18 heavy (non-hydrogen) atoms. The Balaban J connectivity index is 2.67. The minimum atomic E-state index is -3.04. The van der Waals surface area contributed by atoms with Gasteiger partial charge in [-0.05, 0) is 6.42 Å². The number of nitrogens with one attached hydrogen (secondary N) is 1. The van der Waals surface area contributed by atoms with Crippen molar-refractivity contribution in [3.05, 3.63) is 0 Å². The first-order chi connectivity index (χ1) is 8.14. The number of amidine groups is 1. The van der Waals surface area contributed by atoms with Crippen LogP contribution >= 0.6 is 11.8 Å². The molecule has 106 valence electrons. The standard InChI is InChI=1S/C11H23N3O2S2/c1-11(2,10(12)13)4-5-14-6-7-17-8-9(14)18(3,15)16/h9H,4-8H2,1-3H3,(H3,12,13). The van der Waals surface area contributed by atoms with Crippen LogP contribution in [0.4, 0.5) is 0 Å². The molecule has 1 heterocycles. The second kappa shape index (κ2) is 5.79. The van der Waals surface area contributed by atoms with Crippen molar-refractivity contribution in [2.24, 2.45) is 11.1 Å². The fourth-order valence-corrected chi connectivity index (χ4v) is 4.80. The van der Waals surface area contributed by atoms with Gasteiger partial charge >= 0.3 is 0 Å². The molecule has 7 heteroatoms. The van der Waals surface area contributed by atoms with Crippen molar-refractivity contribution in [1.29, 1.82) is 5.41 Å². The van der Waals surface area contributed by atoms with Crippen LogP contribution in [0.5, 0.6) is 0 Å². The van der Waals surface area contributed by atoms with Crippen LogP contribution in [0.3, 0.4) is 0 Å². The van der Waals surface area contributed by atoms with Gasteiger partial charge in [0.25, 0.3) is 0 Å². The average molecular weight is 293 g/mol. The first kappa shape index (κ1) is 15.8. The molecule has 0 saturated carbocycles. The summed E-state index contributed by atoms with van der Waals surface area (Å²) in [5, 5.41) is 7.13. The molecule has 0 aromatic rings. The molecule has 0 bridgehead atoms. The van der Waals surface area contributed by atoms with Crippen LogP contribution < -0.4 is 5.73 Å². The van der Waals surface area contributed by atoms with Crippen molar-refractivity contribution < 1.29 is 8.42 Å². The molecule has 1 fully saturated rings. The van der Waals surface area contributed by atoms with Gasteiger partial charge in [0.15, 0.2) is 9.84 Å². The van der Waals surface area contributed by atoms with Gasteiger partial charge in [-0.15, -0.1) is 0 Å². The first-order valence-corrected chi connectivity index (χ1v) is 9.11. The lowest BCUT2D eigenvalue weighted by molar-refractivity contribution is 0.242. The van der Waals surface area contributed by atoms with Gasteiger partial charge in [0, 0.05) is 36.3 Å². The van der Waals surface area contributed by atoms with Crippen LogP contribution in [-0.2, 0) is 9.84 Å². The Morgan fingerprint density at radius 3 is 2.67 bits per heavy atom. The molecule has 3 N–H and O–H groups in total. The average Bonchev–Trinajstić information content (AvgIpc) is 2.25. The monoisotopic (exact) mass is 293 g/mol. The Morgan fingerprint density at radius 2 is 2.17 bits per heavy atom.